The molecule has 0 bridgehead atoms. The van der Waals surface area contributed by atoms with Crippen molar-refractivity contribution in [3.05, 3.63) is 33.8 Å². The number of carbonyl (C=O) groups excluding carboxylic acids is 2. The van der Waals surface area contributed by atoms with Gasteiger partial charge in [-0.2, -0.15) is 0 Å². The van der Waals surface area contributed by atoms with Crippen LogP contribution in [0, 0.1) is 0 Å². The van der Waals surface area contributed by atoms with Gasteiger partial charge in [0.1, 0.15) is 0 Å². The molecular weight excluding hydrogens is 273 g/mol. The third-order valence-corrected chi connectivity index (χ3v) is 3.74. The fourth-order valence-electron chi connectivity index (χ4n) is 1.96. The molecule has 0 atom stereocenters. The molecule has 1 aromatic rings. The molecule has 1 aliphatic rings. The summed E-state index contributed by atoms with van der Waals surface area (Å²) in [5, 5.41) is 0.773. The number of rotatable bonds is 3. The number of amides is 1. The quantitative estimate of drug-likeness (QED) is 0.800. The topological polar surface area (TPSA) is 37.4 Å². The standard InChI is InChI=1S/C13H13Cl2NO2/c14-10-5-4-9(7-11(10)15)12(17)8-16-6-2-1-3-13(16)18/h4-5,7H,1-3,6,8H2. The van der Waals surface area contributed by atoms with Crippen molar-refractivity contribution in [2.45, 2.75) is 19.3 Å². The number of halogens is 2. The lowest BCUT2D eigenvalue weighted by Crippen LogP contribution is -2.39. The van der Waals surface area contributed by atoms with Crippen LogP contribution in [-0.2, 0) is 4.79 Å². The van der Waals surface area contributed by atoms with Crippen LogP contribution in [0.2, 0.25) is 10.0 Å². The van der Waals surface area contributed by atoms with Crippen molar-refractivity contribution in [3.63, 3.8) is 0 Å². The summed E-state index contributed by atoms with van der Waals surface area (Å²) in [5.74, 6) is -0.0570. The second kappa shape index (κ2) is 5.72. The first kappa shape index (κ1) is 13.4. The fraction of sp³-hybridized carbons (Fsp3) is 0.385. The van der Waals surface area contributed by atoms with Crippen LogP contribution in [0.5, 0.6) is 0 Å². The molecule has 0 saturated carbocycles. The largest absolute Gasteiger partial charge is 0.335 e. The van der Waals surface area contributed by atoms with E-state index < -0.39 is 0 Å². The molecule has 5 heteroatoms. The summed E-state index contributed by atoms with van der Waals surface area (Å²) in [6.45, 7) is 0.780. The van der Waals surface area contributed by atoms with Gasteiger partial charge >= 0.3 is 0 Å². The van der Waals surface area contributed by atoms with Crippen molar-refractivity contribution in [3.8, 4) is 0 Å². The first-order valence-electron chi connectivity index (χ1n) is 5.84. The Bertz CT molecular complexity index is 488. The van der Waals surface area contributed by atoms with Crippen molar-refractivity contribution in [1.82, 2.24) is 4.90 Å². The molecule has 2 rings (SSSR count). The Morgan fingerprint density at radius 1 is 1.22 bits per heavy atom. The highest BCUT2D eigenvalue weighted by Gasteiger charge is 2.21. The minimum Gasteiger partial charge on any atom is -0.335 e. The number of nitrogens with zero attached hydrogens (tertiary/aromatic N) is 1. The molecule has 1 fully saturated rings. The van der Waals surface area contributed by atoms with E-state index in [9.17, 15) is 9.59 Å². The molecule has 96 valence electrons. The number of ketones is 1. The first-order chi connectivity index (χ1) is 8.58. The average Bonchev–Trinajstić information content (AvgIpc) is 2.35. The number of likely N-dealkylation sites (tertiary alicyclic amines) is 1. The number of piperidine rings is 1. The Morgan fingerprint density at radius 2 is 2.00 bits per heavy atom. The van der Waals surface area contributed by atoms with Crippen LogP contribution in [0.1, 0.15) is 29.6 Å². The van der Waals surface area contributed by atoms with Crippen LogP contribution in [0.3, 0.4) is 0 Å². The monoisotopic (exact) mass is 285 g/mol. The van der Waals surface area contributed by atoms with Gasteiger partial charge in [0, 0.05) is 18.5 Å². The highest BCUT2D eigenvalue weighted by atomic mass is 35.5. The summed E-state index contributed by atoms with van der Waals surface area (Å²) >= 11 is 11.7. The molecule has 0 aliphatic carbocycles. The first-order valence-corrected chi connectivity index (χ1v) is 6.59. The van der Waals surface area contributed by atoms with Crippen LogP contribution in [-0.4, -0.2) is 29.7 Å². The Labute approximate surface area is 116 Å². The van der Waals surface area contributed by atoms with E-state index in [1.165, 1.54) is 0 Å². The van der Waals surface area contributed by atoms with Crippen molar-refractivity contribution >= 4 is 34.9 Å². The van der Waals surface area contributed by atoms with Gasteiger partial charge < -0.3 is 4.90 Å². The molecular formula is C13H13Cl2NO2. The predicted octanol–water partition coefficient (Wildman–Crippen LogP) is 3.19. The molecule has 0 aromatic heterocycles. The normalized spacial score (nSPS) is 15.9. The molecule has 1 aromatic carbocycles. The lowest BCUT2D eigenvalue weighted by atomic mass is 10.1. The summed E-state index contributed by atoms with van der Waals surface area (Å²) in [6, 6.07) is 4.76. The Balaban J connectivity index is 2.07. The lowest BCUT2D eigenvalue weighted by molar-refractivity contribution is -0.132. The van der Waals surface area contributed by atoms with Gasteiger partial charge in [-0.1, -0.05) is 23.2 Å². The van der Waals surface area contributed by atoms with Crippen molar-refractivity contribution < 1.29 is 9.59 Å². The van der Waals surface area contributed by atoms with E-state index in [1.54, 1.807) is 23.1 Å². The average molecular weight is 286 g/mol. The minimum absolute atomic E-state index is 0.0506. The van der Waals surface area contributed by atoms with Gasteiger partial charge in [0.2, 0.25) is 5.91 Å². The Morgan fingerprint density at radius 3 is 2.67 bits per heavy atom. The maximum absolute atomic E-state index is 12.0. The van der Waals surface area contributed by atoms with E-state index in [0.29, 0.717) is 28.6 Å². The van der Waals surface area contributed by atoms with Crippen LogP contribution < -0.4 is 0 Å². The van der Waals surface area contributed by atoms with Gasteiger partial charge in [0.15, 0.2) is 5.78 Å². The van der Waals surface area contributed by atoms with Gasteiger partial charge in [0.25, 0.3) is 0 Å². The van der Waals surface area contributed by atoms with Crippen molar-refractivity contribution in [2.24, 2.45) is 0 Å². The van der Waals surface area contributed by atoms with Crippen molar-refractivity contribution in [1.29, 1.82) is 0 Å². The summed E-state index contributed by atoms with van der Waals surface area (Å²) < 4.78 is 0. The second-order valence-electron chi connectivity index (χ2n) is 4.32. The molecule has 0 N–H and O–H groups in total. The van der Waals surface area contributed by atoms with Gasteiger partial charge in [-0.3, -0.25) is 9.59 Å². The molecule has 0 unspecified atom stereocenters. The van der Waals surface area contributed by atoms with Crippen LogP contribution in [0.4, 0.5) is 0 Å². The third-order valence-electron chi connectivity index (χ3n) is 3.00. The fourth-order valence-corrected chi connectivity index (χ4v) is 2.26. The lowest BCUT2D eigenvalue weighted by Gasteiger charge is -2.25. The Kier molecular flexibility index (Phi) is 4.25. The van der Waals surface area contributed by atoms with Crippen LogP contribution >= 0.6 is 23.2 Å². The smallest absolute Gasteiger partial charge is 0.222 e. The molecule has 1 aliphatic heterocycles. The molecule has 0 spiro atoms. The zero-order valence-corrected chi connectivity index (χ0v) is 11.3. The molecule has 1 heterocycles. The SMILES string of the molecule is O=C(CN1CCCCC1=O)c1ccc(Cl)c(Cl)c1. The van der Waals surface area contributed by atoms with E-state index >= 15 is 0 Å². The maximum Gasteiger partial charge on any atom is 0.222 e. The number of hydrogen-bond acceptors (Lipinski definition) is 2. The highest BCUT2D eigenvalue weighted by molar-refractivity contribution is 6.42. The van der Waals surface area contributed by atoms with Crippen LogP contribution in [0.25, 0.3) is 0 Å². The molecule has 18 heavy (non-hydrogen) atoms. The predicted molar refractivity (Wildman–Crippen MR) is 71.2 cm³/mol. The molecule has 1 amide bonds. The number of benzene rings is 1. The van der Waals surface area contributed by atoms with Crippen molar-refractivity contribution in [2.75, 3.05) is 13.1 Å². The van der Waals surface area contributed by atoms with E-state index in [0.717, 1.165) is 12.8 Å². The van der Waals surface area contributed by atoms with Crippen LogP contribution in [0.15, 0.2) is 18.2 Å². The summed E-state index contributed by atoms with van der Waals surface area (Å²) in [4.78, 5) is 25.2. The summed E-state index contributed by atoms with van der Waals surface area (Å²) in [5.41, 5.74) is 0.489. The maximum atomic E-state index is 12.0. The van der Waals surface area contributed by atoms with E-state index in [4.69, 9.17) is 23.2 Å². The Hall–Kier alpha value is -1.06. The van der Waals surface area contributed by atoms with Gasteiger partial charge in [-0.25, -0.2) is 0 Å². The minimum atomic E-state index is -0.108. The molecule has 1 saturated heterocycles. The zero-order chi connectivity index (χ0) is 13.1. The number of carbonyl (C=O) groups is 2. The number of hydrogen-bond donors (Lipinski definition) is 0. The third kappa shape index (κ3) is 3.03. The van der Waals surface area contributed by atoms with Gasteiger partial charge in [-0.15, -0.1) is 0 Å². The van der Waals surface area contributed by atoms with E-state index in [1.807, 2.05) is 0 Å². The summed E-state index contributed by atoms with van der Waals surface area (Å²) in [6.07, 6.45) is 2.41. The highest BCUT2D eigenvalue weighted by Crippen LogP contribution is 2.23. The van der Waals surface area contributed by atoms with Gasteiger partial charge in [0.05, 0.1) is 16.6 Å². The molecule has 0 radical (unpaired) electrons. The van der Waals surface area contributed by atoms with Gasteiger partial charge in [-0.05, 0) is 31.0 Å². The van der Waals surface area contributed by atoms with E-state index in [-0.39, 0.29) is 18.2 Å². The zero-order valence-electron chi connectivity index (χ0n) is 9.79. The summed E-state index contributed by atoms with van der Waals surface area (Å²) in [7, 11) is 0. The van der Waals surface area contributed by atoms with E-state index in [2.05, 4.69) is 0 Å². The number of Topliss-reactive ketones (excluding diaryl/α,β-unsaturated/α-hetero) is 1. The second-order valence-corrected chi connectivity index (χ2v) is 5.14. The molecule has 3 nitrogen and oxygen atoms in total.